The van der Waals surface area contributed by atoms with E-state index in [0.29, 0.717) is 17.8 Å². The molecule has 0 amide bonds. The SMILES string of the molecule is C=C1CCCN2C1=NOC21COC2=C1C(F)=CCC=C2. The molecule has 4 aliphatic rings. The number of allylic oxidation sites excluding steroid dienone is 3. The molecule has 4 rings (SSSR count). The number of oxime groups is 1. The fraction of sp³-hybridized carbons (Fsp3) is 0.400. The molecule has 20 heavy (non-hydrogen) atoms. The van der Waals surface area contributed by atoms with Gasteiger partial charge in [0.15, 0.2) is 12.4 Å². The molecule has 0 aromatic carbocycles. The van der Waals surface area contributed by atoms with Crippen molar-refractivity contribution in [1.29, 1.82) is 0 Å². The molecule has 104 valence electrons. The van der Waals surface area contributed by atoms with Gasteiger partial charge in [0.05, 0.1) is 0 Å². The zero-order valence-corrected chi connectivity index (χ0v) is 11.1. The molecule has 0 aromatic heterocycles. The van der Waals surface area contributed by atoms with Crippen LogP contribution in [0.3, 0.4) is 0 Å². The number of amidine groups is 1. The van der Waals surface area contributed by atoms with Gasteiger partial charge in [-0.25, -0.2) is 4.39 Å². The molecule has 0 saturated carbocycles. The fourth-order valence-electron chi connectivity index (χ4n) is 3.17. The van der Waals surface area contributed by atoms with Gasteiger partial charge in [0, 0.05) is 6.54 Å². The van der Waals surface area contributed by atoms with Crippen molar-refractivity contribution in [2.45, 2.75) is 25.0 Å². The zero-order chi connectivity index (χ0) is 13.7. The second-order valence-corrected chi connectivity index (χ2v) is 5.37. The maximum atomic E-state index is 14.5. The zero-order valence-electron chi connectivity index (χ0n) is 11.1. The maximum absolute atomic E-state index is 14.5. The van der Waals surface area contributed by atoms with E-state index in [2.05, 4.69) is 11.7 Å². The largest absolute Gasteiger partial charge is 0.486 e. The number of fused-ring (bicyclic) bond motifs is 3. The van der Waals surface area contributed by atoms with Crippen LogP contribution in [0.25, 0.3) is 0 Å². The highest BCUT2D eigenvalue weighted by molar-refractivity contribution is 5.99. The van der Waals surface area contributed by atoms with Crippen molar-refractivity contribution in [3.63, 3.8) is 0 Å². The third-order valence-corrected chi connectivity index (χ3v) is 4.15. The molecule has 1 atom stereocenters. The minimum absolute atomic E-state index is 0.254. The van der Waals surface area contributed by atoms with Gasteiger partial charge < -0.3 is 14.5 Å². The molecule has 1 saturated heterocycles. The smallest absolute Gasteiger partial charge is 0.277 e. The van der Waals surface area contributed by atoms with Crippen LogP contribution in [0, 0.1) is 0 Å². The third kappa shape index (κ3) is 1.38. The maximum Gasteiger partial charge on any atom is 0.277 e. The Morgan fingerprint density at radius 3 is 3.25 bits per heavy atom. The van der Waals surface area contributed by atoms with Gasteiger partial charge in [-0.15, -0.1) is 0 Å². The Hall–Kier alpha value is -2.04. The van der Waals surface area contributed by atoms with Crippen molar-refractivity contribution in [3.05, 3.63) is 47.5 Å². The van der Waals surface area contributed by atoms with Gasteiger partial charge in [-0.3, -0.25) is 0 Å². The van der Waals surface area contributed by atoms with E-state index < -0.39 is 5.72 Å². The van der Waals surface area contributed by atoms with Gasteiger partial charge in [0.25, 0.3) is 5.72 Å². The molecule has 3 aliphatic heterocycles. The molecule has 0 bridgehead atoms. The molecule has 4 nitrogen and oxygen atoms in total. The Bertz CT molecular complexity index is 617. The molecule has 0 N–H and O–H groups in total. The van der Waals surface area contributed by atoms with Crippen LogP contribution in [0.15, 0.2) is 52.7 Å². The summed E-state index contributed by atoms with van der Waals surface area (Å²) in [5, 5.41) is 4.14. The first kappa shape index (κ1) is 11.8. The Balaban J connectivity index is 1.81. The quantitative estimate of drug-likeness (QED) is 0.681. The van der Waals surface area contributed by atoms with Gasteiger partial charge in [-0.05, 0) is 37.0 Å². The van der Waals surface area contributed by atoms with Crippen LogP contribution in [0.2, 0.25) is 0 Å². The van der Waals surface area contributed by atoms with Crippen LogP contribution in [0.1, 0.15) is 19.3 Å². The van der Waals surface area contributed by atoms with Crippen molar-refractivity contribution in [2.75, 3.05) is 13.2 Å². The Kier molecular flexibility index (Phi) is 2.34. The van der Waals surface area contributed by atoms with Crippen LogP contribution in [-0.4, -0.2) is 29.6 Å². The number of hydrogen-bond acceptors (Lipinski definition) is 4. The second-order valence-electron chi connectivity index (χ2n) is 5.37. The molecule has 0 aromatic rings. The van der Waals surface area contributed by atoms with Crippen molar-refractivity contribution < 1.29 is 14.0 Å². The highest BCUT2D eigenvalue weighted by Crippen LogP contribution is 2.46. The first-order chi connectivity index (χ1) is 9.72. The molecule has 1 spiro atoms. The van der Waals surface area contributed by atoms with Crippen LogP contribution < -0.4 is 0 Å². The lowest BCUT2D eigenvalue weighted by Crippen LogP contribution is -2.53. The van der Waals surface area contributed by atoms with Crippen LogP contribution >= 0.6 is 0 Å². The number of hydrogen-bond donors (Lipinski definition) is 0. The minimum atomic E-state index is -0.955. The number of piperidine rings is 1. The summed E-state index contributed by atoms with van der Waals surface area (Å²) in [5.41, 5.74) is 0.443. The number of nitrogens with zero attached hydrogens (tertiary/aromatic N) is 2. The third-order valence-electron chi connectivity index (χ3n) is 4.15. The lowest BCUT2D eigenvalue weighted by atomic mass is 9.96. The highest BCUT2D eigenvalue weighted by Gasteiger charge is 2.57. The van der Waals surface area contributed by atoms with E-state index >= 15 is 0 Å². The van der Waals surface area contributed by atoms with Crippen LogP contribution in [-0.2, 0) is 9.57 Å². The Labute approximate surface area is 116 Å². The summed E-state index contributed by atoms with van der Waals surface area (Å²) >= 11 is 0. The van der Waals surface area contributed by atoms with Crippen molar-refractivity contribution in [1.82, 2.24) is 4.90 Å². The number of rotatable bonds is 0. The van der Waals surface area contributed by atoms with E-state index in [1.165, 1.54) is 0 Å². The van der Waals surface area contributed by atoms with Gasteiger partial charge in [0.1, 0.15) is 17.2 Å². The van der Waals surface area contributed by atoms with Gasteiger partial charge >= 0.3 is 0 Å². The molecule has 5 heteroatoms. The lowest BCUT2D eigenvalue weighted by Gasteiger charge is -2.36. The average molecular weight is 274 g/mol. The first-order valence-corrected chi connectivity index (χ1v) is 6.84. The van der Waals surface area contributed by atoms with E-state index in [4.69, 9.17) is 9.57 Å². The molecular weight excluding hydrogens is 259 g/mol. The summed E-state index contributed by atoms with van der Waals surface area (Å²) in [6, 6.07) is 0. The molecule has 1 unspecified atom stereocenters. The van der Waals surface area contributed by atoms with E-state index in [9.17, 15) is 4.39 Å². The standard InChI is InChI=1S/C15H15FN2O2/c1-10-5-4-8-18-14(10)17-20-15(18)9-19-12-7-3-2-6-11(16)13(12)15/h3,6-7H,1-2,4-5,8-9H2. The summed E-state index contributed by atoms with van der Waals surface area (Å²) in [6.45, 7) is 5.05. The van der Waals surface area contributed by atoms with Gasteiger partial charge in [-0.1, -0.05) is 17.8 Å². The predicted molar refractivity (Wildman–Crippen MR) is 72.3 cm³/mol. The first-order valence-electron chi connectivity index (χ1n) is 6.84. The van der Waals surface area contributed by atoms with E-state index in [0.717, 1.165) is 30.8 Å². The van der Waals surface area contributed by atoms with Crippen molar-refractivity contribution in [3.8, 4) is 0 Å². The van der Waals surface area contributed by atoms with Crippen molar-refractivity contribution in [2.24, 2.45) is 5.16 Å². The molecule has 0 radical (unpaired) electrons. The monoisotopic (exact) mass is 274 g/mol. The molecule has 3 heterocycles. The molecule has 1 aliphatic carbocycles. The van der Waals surface area contributed by atoms with E-state index in [1.54, 1.807) is 6.08 Å². The van der Waals surface area contributed by atoms with E-state index in [1.807, 2.05) is 17.1 Å². The van der Waals surface area contributed by atoms with Crippen LogP contribution in [0.4, 0.5) is 4.39 Å². The van der Waals surface area contributed by atoms with Gasteiger partial charge in [-0.2, -0.15) is 0 Å². The summed E-state index contributed by atoms with van der Waals surface area (Å²) < 4.78 is 20.1. The summed E-state index contributed by atoms with van der Waals surface area (Å²) in [7, 11) is 0. The normalized spacial score (nSPS) is 31.4. The van der Waals surface area contributed by atoms with Crippen molar-refractivity contribution >= 4 is 5.84 Å². The topological polar surface area (TPSA) is 34.1 Å². The predicted octanol–water partition coefficient (Wildman–Crippen LogP) is 2.78. The number of ether oxygens (including phenoxy) is 1. The minimum Gasteiger partial charge on any atom is -0.486 e. The van der Waals surface area contributed by atoms with Crippen LogP contribution in [0.5, 0.6) is 0 Å². The summed E-state index contributed by atoms with van der Waals surface area (Å²) in [4.78, 5) is 7.66. The Morgan fingerprint density at radius 2 is 2.35 bits per heavy atom. The Morgan fingerprint density at radius 1 is 1.45 bits per heavy atom. The fourth-order valence-corrected chi connectivity index (χ4v) is 3.17. The summed E-state index contributed by atoms with van der Waals surface area (Å²) in [6.07, 6.45) is 7.67. The van der Waals surface area contributed by atoms with Gasteiger partial charge in [0.2, 0.25) is 0 Å². The summed E-state index contributed by atoms with van der Waals surface area (Å²) in [5.74, 6) is 0.994. The highest BCUT2D eigenvalue weighted by atomic mass is 19.1. The second kappa shape index (κ2) is 3.98. The van der Waals surface area contributed by atoms with E-state index in [-0.39, 0.29) is 12.4 Å². The molecular formula is C15H15FN2O2. The average Bonchev–Trinajstić information content (AvgIpc) is 2.94. The molecule has 1 fully saturated rings. The number of halogens is 1. The lowest BCUT2D eigenvalue weighted by molar-refractivity contribution is -0.0864.